The fourth-order valence-corrected chi connectivity index (χ4v) is 8.35. The zero-order valence-corrected chi connectivity index (χ0v) is 21.1. The highest BCUT2D eigenvalue weighted by Crippen LogP contribution is 2.41. The van der Waals surface area contributed by atoms with Gasteiger partial charge in [-0.3, -0.25) is 4.72 Å². The van der Waals surface area contributed by atoms with Crippen molar-refractivity contribution in [3.8, 4) is 5.75 Å². The molecule has 2 aliphatic heterocycles. The summed E-state index contributed by atoms with van der Waals surface area (Å²) in [4.78, 5) is 0.0239. The first-order valence-electron chi connectivity index (χ1n) is 10.5. The highest BCUT2D eigenvalue weighted by Gasteiger charge is 2.53. The van der Waals surface area contributed by atoms with Crippen LogP contribution in [0.15, 0.2) is 52.0 Å². The first kappa shape index (κ1) is 24.8. The molecule has 2 atom stereocenters. The first-order chi connectivity index (χ1) is 15.6. The molecule has 3 N–H and O–H groups in total. The van der Waals surface area contributed by atoms with Crippen LogP contribution < -0.4 is 20.1 Å². The van der Waals surface area contributed by atoms with Gasteiger partial charge in [0.15, 0.2) is 9.84 Å². The zero-order valence-electron chi connectivity index (χ0n) is 18.6. The molecule has 2 aliphatic rings. The number of fused-ring (bicyclic) bond motifs is 2. The van der Waals surface area contributed by atoms with E-state index >= 15 is 0 Å². The van der Waals surface area contributed by atoms with Crippen LogP contribution in [0.2, 0.25) is 0 Å². The largest absolute Gasteiger partial charge is 0.495 e. The minimum Gasteiger partial charge on any atom is -0.495 e. The number of ether oxygens (including phenoxy) is 1. The van der Waals surface area contributed by atoms with E-state index in [0.29, 0.717) is 35.3 Å². The molecule has 9 nitrogen and oxygen atoms in total. The van der Waals surface area contributed by atoms with Crippen LogP contribution in [0.5, 0.6) is 5.75 Å². The Kier molecular flexibility index (Phi) is 6.36. The fourth-order valence-electron chi connectivity index (χ4n) is 4.88. The highest BCUT2D eigenvalue weighted by molar-refractivity contribution is 7.93. The molecule has 5 rings (SSSR count). The van der Waals surface area contributed by atoms with Crippen molar-refractivity contribution in [1.82, 2.24) is 10.6 Å². The van der Waals surface area contributed by atoms with E-state index < -0.39 is 25.4 Å². The van der Waals surface area contributed by atoms with Crippen molar-refractivity contribution in [2.75, 3.05) is 36.4 Å². The lowest BCUT2D eigenvalue weighted by molar-refractivity contribution is 0.251. The van der Waals surface area contributed by atoms with Crippen molar-refractivity contribution in [3.05, 3.63) is 53.8 Å². The lowest BCUT2D eigenvalue weighted by atomic mass is 9.82. The van der Waals surface area contributed by atoms with Gasteiger partial charge < -0.3 is 19.8 Å². The van der Waals surface area contributed by atoms with Crippen LogP contribution in [0.25, 0.3) is 11.0 Å². The van der Waals surface area contributed by atoms with Crippen molar-refractivity contribution in [2.24, 2.45) is 0 Å². The van der Waals surface area contributed by atoms with Crippen molar-refractivity contribution < 1.29 is 26.0 Å². The van der Waals surface area contributed by atoms with Gasteiger partial charge in [-0.05, 0) is 42.8 Å². The number of anilines is 1. The molecule has 3 heterocycles. The van der Waals surface area contributed by atoms with E-state index in [1.54, 1.807) is 43.3 Å². The van der Waals surface area contributed by atoms with Crippen molar-refractivity contribution in [3.63, 3.8) is 0 Å². The van der Waals surface area contributed by atoms with E-state index in [-0.39, 0.29) is 40.6 Å². The number of methoxy groups -OCH3 is 1. The van der Waals surface area contributed by atoms with Gasteiger partial charge in [-0.25, -0.2) is 16.8 Å². The maximum absolute atomic E-state index is 13.3. The Morgan fingerprint density at radius 2 is 1.97 bits per heavy atom. The molecule has 0 saturated carbocycles. The average Bonchev–Trinajstić information content (AvgIpc) is 3.33. The van der Waals surface area contributed by atoms with E-state index in [2.05, 4.69) is 15.4 Å². The second-order valence-electron chi connectivity index (χ2n) is 8.58. The molecule has 184 valence electrons. The number of benzene rings is 2. The third kappa shape index (κ3) is 4.16. The van der Waals surface area contributed by atoms with E-state index in [4.69, 9.17) is 9.15 Å². The Hall–Kier alpha value is -2.31. The number of sulfonamides is 1. The Bertz CT molecular complexity index is 1450. The number of halogens is 1. The molecule has 12 heteroatoms. The predicted molar refractivity (Wildman–Crippen MR) is 132 cm³/mol. The SMILES string of the molecule is COc1ccc(C)cc1S(=O)(=O)Nc1cc(C23CS(=O)(=O)CC2NCCN3)c2occc2c1.Cl. The average molecular weight is 528 g/mol. The van der Waals surface area contributed by atoms with Crippen LogP contribution in [0, 0.1) is 6.92 Å². The molecule has 2 saturated heterocycles. The van der Waals surface area contributed by atoms with Gasteiger partial charge in [0, 0.05) is 30.1 Å². The van der Waals surface area contributed by atoms with Crippen LogP contribution in [0.4, 0.5) is 5.69 Å². The predicted octanol–water partition coefficient (Wildman–Crippen LogP) is 2.16. The van der Waals surface area contributed by atoms with Crippen LogP contribution in [0.1, 0.15) is 11.1 Å². The Balaban J connectivity index is 0.00000274. The number of aryl methyl sites for hydroxylation is 1. The van der Waals surface area contributed by atoms with Gasteiger partial charge in [0.25, 0.3) is 10.0 Å². The van der Waals surface area contributed by atoms with Crippen molar-refractivity contribution >= 4 is 48.9 Å². The van der Waals surface area contributed by atoms with Crippen LogP contribution in [0.3, 0.4) is 0 Å². The molecular formula is C22H26ClN3O6S2. The van der Waals surface area contributed by atoms with E-state index in [0.717, 1.165) is 5.56 Å². The van der Waals surface area contributed by atoms with Gasteiger partial charge in [0.05, 0.1) is 36.1 Å². The Morgan fingerprint density at radius 1 is 1.18 bits per heavy atom. The smallest absolute Gasteiger partial charge is 0.265 e. The number of nitrogens with one attached hydrogen (secondary N) is 3. The number of hydrogen-bond donors (Lipinski definition) is 3. The molecule has 0 bridgehead atoms. The summed E-state index contributed by atoms with van der Waals surface area (Å²) in [5.74, 6) is 0.130. The normalized spacial score (nSPS) is 23.8. The molecule has 2 aromatic carbocycles. The zero-order chi connectivity index (χ0) is 23.4. The van der Waals surface area contributed by atoms with Gasteiger partial charge in [0.1, 0.15) is 16.2 Å². The van der Waals surface area contributed by atoms with Crippen molar-refractivity contribution in [2.45, 2.75) is 23.4 Å². The van der Waals surface area contributed by atoms with Gasteiger partial charge in [-0.2, -0.15) is 0 Å². The quantitative estimate of drug-likeness (QED) is 0.460. The van der Waals surface area contributed by atoms with Gasteiger partial charge >= 0.3 is 0 Å². The maximum Gasteiger partial charge on any atom is 0.265 e. The summed E-state index contributed by atoms with van der Waals surface area (Å²) in [7, 11) is -5.88. The Labute approximate surface area is 204 Å². The summed E-state index contributed by atoms with van der Waals surface area (Å²) in [5.41, 5.74) is 1.31. The number of furan rings is 1. The second kappa shape index (κ2) is 8.72. The third-order valence-corrected chi connectivity index (χ3v) is 9.45. The highest BCUT2D eigenvalue weighted by atomic mass is 35.5. The summed E-state index contributed by atoms with van der Waals surface area (Å²) in [6.07, 6.45) is 1.52. The van der Waals surface area contributed by atoms with Gasteiger partial charge in [-0.15, -0.1) is 12.4 Å². The summed E-state index contributed by atoms with van der Waals surface area (Å²) in [6.45, 7) is 3.02. The molecule has 0 radical (unpaired) electrons. The lowest BCUT2D eigenvalue weighted by Crippen LogP contribution is -2.63. The van der Waals surface area contributed by atoms with Crippen LogP contribution in [-0.2, 0) is 25.4 Å². The fraction of sp³-hybridized carbons (Fsp3) is 0.364. The van der Waals surface area contributed by atoms with E-state index in [1.807, 2.05) is 0 Å². The first-order valence-corrected chi connectivity index (χ1v) is 13.8. The number of rotatable bonds is 5. The molecular weight excluding hydrogens is 502 g/mol. The van der Waals surface area contributed by atoms with Crippen molar-refractivity contribution in [1.29, 1.82) is 0 Å². The monoisotopic (exact) mass is 527 g/mol. The molecule has 2 unspecified atom stereocenters. The Morgan fingerprint density at radius 3 is 2.74 bits per heavy atom. The standard InChI is InChI=1S/C22H25N3O6S2.ClH/c1-14-3-4-18(30-2)19(9-14)33(28,29)25-16-10-15-5-8-31-21(15)17(11-16)22-13-32(26,27)12-20(22)23-6-7-24-22;/h3-5,8-11,20,23-25H,6-7,12-13H2,1-2H3;1H. The summed E-state index contributed by atoms with van der Waals surface area (Å²) >= 11 is 0. The number of hydrogen-bond acceptors (Lipinski definition) is 8. The van der Waals surface area contributed by atoms with E-state index in [9.17, 15) is 16.8 Å². The lowest BCUT2D eigenvalue weighted by Gasteiger charge is -2.40. The minimum absolute atomic E-state index is 0. The summed E-state index contributed by atoms with van der Waals surface area (Å²) in [5, 5.41) is 7.38. The summed E-state index contributed by atoms with van der Waals surface area (Å²) in [6, 6.07) is 9.65. The number of sulfone groups is 1. The topological polar surface area (TPSA) is 127 Å². The van der Waals surface area contributed by atoms with Crippen LogP contribution >= 0.6 is 12.4 Å². The molecule has 3 aromatic rings. The van der Waals surface area contributed by atoms with E-state index in [1.165, 1.54) is 13.4 Å². The second-order valence-corrected chi connectivity index (χ2v) is 12.3. The molecule has 0 amide bonds. The number of piperazine rings is 1. The van der Waals surface area contributed by atoms with Gasteiger partial charge in [0.2, 0.25) is 0 Å². The van der Waals surface area contributed by atoms with Crippen LogP contribution in [-0.4, -0.2) is 54.6 Å². The molecule has 0 spiro atoms. The molecule has 1 aromatic heterocycles. The summed E-state index contributed by atoms with van der Waals surface area (Å²) < 4.78 is 65.4. The third-order valence-electron chi connectivity index (χ3n) is 6.31. The molecule has 34 heavy (non-hydrogen) atoms. The minimum atomic E-state index is -3.98. The molecule has 0 aliphatic carbocycles. The maximum atomic E-state index is 13.3. The molecule has 2 fully saturated rings. The van der Waals surface area contributed by atoms with Gasteiger partial charge in [-0.1, -0.05) is 6.07 Å².